The van der Waals surface area contributed by atoms with E-state index in [1.165, 1.54) is 18.2 Å². The smallest absolute Gasteiger partial charge is 0.268 e. The van der Waals surface area contributed by atoms with Crippen molar-refractivity contribution < 1.29 is 24.2 Å². The van der Waals surface area contributed by atoms with Gasteiger partial charge in [-0.3, -0.25) is 0 Å². The minimum Gasteiger partial charge on any atom is -0.508 e. The quantitative estimate of drug-likeness (QED) is 0.158. The van der Waals surface area contributed by atoms with Crippen LogP contribution in [0.4, 0.5) is 0 Å². The van der Waals surface area contributed by atoms with Crippen LogP contribution in [0.3, 0.4) is 0 Å². The van der Waals surface area contributed by atoms with Crippen LogP contribution < -0.4 is 0 Å². The molecule has 9 nitrogen and oxygen atoms in total. The molecule has 0 aliphatic carbocycles. The molecule has 3 N–H and O–H groups in total. The molecule has 0 amide bonds. The Labute approximate surface area is 239 Å². The summed E-state index contributed by atoms with van der Waals surface area (Å²) in [6.07, 6.45) is 6.39. The second kappa shape index (κ2) is 12.3. The highest BCUT2D eigenvalue weighted by molar-refractivity contribution is 6.66. The molecule has 0 saturated heterocycles. The number of aromatic nitrogens is 4. The largest absolute Gasteiger partial charge is 0.508 e. The van der Waals surface area contributed by atoms with Gasteiger partial charge in [0.1, 0.15) is 5.75 Å². The highest BCUT2D eigenvalue weighted by Crippen LogP contribution is 2.38. The molecule has 15 heteroatoms. The summed E-state index contributed by atoms with van der Waals surface area (Å²) in [5.41, 5.74) is 1.49. The molecule has 0 bridgehead atoms. The van der Waals surface area contributed by atoms with E-state index < -0.39 is 7.59 Å². The van der Waals surface area contributed by atoms with Gasteiger partial charge in [0.25, 0.3) is 19.4 Å². The molecule has 2 aromatic carbocycles. The third kappa shape index (κ3) is 8.99. The Bertz CT molecular complexity index is 1390. The molecule has 37 heavy (non-hydrogen) atoms. The molecule has 0 fully saturated rings. The molecule has 0 unspecified atom stereocenters. The zero-order valence-electron chi connectivity index (χ0n) is 18.1. The van der Waals surface area contributed by atoms with Crippen LogP contribution in [-0.4, -0.2) is 35.7 Å². The molecule has 4 rings (SSSR count). The van der Waals surface area contributed by atoms with Gasteiger partial charge in [-0.2, -0.15) is 0 Å². The molecule has 0 atom stereocenters. The second-order valence-electron chi connectivity index (χ2n) is 6.89. The van der Waals surface area contributed by atoms with Crippen molar-refractivity contribution in [2.24, 2.45) is 0 Å². The SMILES string of the molecule is Oc1ccc(C=Cc2nnc(C(Cl)(Cl)Cl)o2)cc1.Oc1ccc(C=Cc2nnc(C(Cl)(Cl)Cl)o2)cc1O. The van der Waals surface area contributed by atoms with Crippen LogP contribution in [0.2, 0.25) is 0 Å². The number of hydrogen-bond donors (Lipinski definition) is 3. The second-order valence-corrected chi connectivity index (χ2v) is 11.5. The number of halogens is 6. The predicted octanol–water partition coefficient (Wildman–Crippen LogP) is 7.25. The van der Waals surface area contributed by atoms with Crippen molar-refractivity contribution in [3.63, 3.8) is 0 Å². The number of nitrogens with zero attached hydrogens (tertiary/aromatic N) is 4. The van der Waals surface area contributed by atoms with Crippen LogP contribution in [0, 0.1) is 0 Å². The zero-order chi connectivity index (χ0) is 27.2. The van der Waals surface area contributed by atoms with E-state index in [1.54, 1.807) is 48.6 Å². The normalized spacial score (nSPS) is 12.2. The first-order chi connectivity index (χ1) is 17.3. The number of rotatable bonds is 4. The summed E-state index contributed by atoms with van der Waals surface area (Å²) < 4.78 is 6.75. The molecule has 0 spiro atoms. The lowest BCUT2D eigenvalue weighted by molar-refractivity contribution is 0.403. The van der Waals surface area contributed by atoms with E-state index >= 15 is 0 Å². The molecule has 0 aliphatic heterocycles. The van der Waals surface area contributed by atoms with Crippen LogP contribution in [-0.2, 0) is 7.59 Å². The summed E-state index contributed by atoms with van der Waals surface area (Å²) in [5.74, 6) is -0.0756. The van der Waals surface area contributed by atoms with E-state index in [4.69, 9.17) is 88.7 Å². The Morgan fingerprint density at radius 3 is 1.46 bits per heavy atom. The third-order valence-electron chi connectivity index (χ3n) is 4.10. The van der Waals surface area contributed by atoms with Crippen molar-refractivity contribution in [3.8, 4) is 17.2 Å². The molecule has 2 heterocycles. The number of aromatic hydroxyl groups is 3. The van der Waals surface area contributed by atoms with Gasteiger partial charge in [-0.15, -0.1) is 20.4 Å². The summed E-state index contributed by atoms with van der Waals surface area (Å²) in [6, 6.07) is 10.9. The minimum atomic E-state index is -1.77. The topological polar surface area (TPSA) is 139 Å². The van der Waals surface area contributed by atoms with Crippen LogP contribution in [0.1, 0.15) is 34.7 Å². The van der Waals surface area contributed by atoms with E-state index in [0.717, 1.165) is 5.56 Å². The Balaban J connectivity index is 0.000000206. The van der Waals surface area contributed by atoms with E-state index in [-0.39, 0.29) is 40.8 Å². The van der Waals surface area contributed by atoms with Crippen molar-refractivity contribution in [1.82, 2.24) is 20.4 Å². The van der Waals surface area contributed by atoms with Crippen molar-refractivity contribution in [2.45, 2.75) is 7.59 Å². The lowest BCUT2D eigenvalue weighted by Crippen LogP contribution is -1.99. The van der Waals surface area contributed by atoms with Gasteiger partial charge in [-0.1, -0.05) is 87.8 Å². The number of phenolic OH excluding ortho intramolecular Hbond substituents is 3. The van der Waals surface area contributed by atoms with Crippen molar-refractivity contribution in [2.75, 3.05) is 0 Å². The van der Waals surface area contributed by atoms with Crippen LogP contribution in [0.25, 0.3) is 24.3 Å². The standard InChI is InChI=1S/C11H7Cl3N2O3.C11H7Cl3N2O2/c12-11(13,14)10-16-15-9(19-10)4-2-6-1-3-7(17)8(18)5-6;12-11(13,14)10-16-15-9(18-10)6-3-7-1-4-8(17)5-2-7/h1-5,17-18H;1-6,17H. The summed E-state index contributed by atoms with van der Waals surface area (Å²) in [5, 5.41) is 42.2. The summed E-state index contributed by atoms with van der Waals surface area (Å²) in [6.45, 7) is 0. The average molecular weight is 627 g/mol. The van der Waals surface area contributed by atoms with Gasteiger partial charge in [0.05, 0.1) is 0 Å². The molecular weight excluding hydrogens is 613 g/mol. The van der Waals surface area contributed by atoms with Gasteiger partial charge in [-0.05, 0) is 47.5 Å². The molecule has 0 radical (unpaired) electrons. The van der Waals surface area contributed by atoms with E-state index in [9.17, 15) is 5.11 Å². The first kappa shape index (κ1) is 28.9. The maximum Gasteiger partial charge on any atom is 0.268 e. The van der Waals surface area contributed by atoms with Crippen molar-refractivity contribution in [1.29, 1.82) is 0 Å². The monoisotopic (exact) mass is 624 g/mol. The zero-order valence-corrected chi connectivity index (χ0v) is 22.6. The summed E-state index contributed by atoms with van der Waals surface area (Å²) in [4.78, 5) is 0. The van der Waals surface area contributed by atoms with Gasteiger partial charge in [-0.25, -0.2) is 0 Å². The van der Waals surface area contributed by atoms with Gasteiger partial charge >= 0.3 is 0 Å². The Morgan fingerprint density at radius 1 is 0.568 bits per heavy atom. The maximum atomic E-state index is 9.32. The Hall–Kier alpha value is -2.66. The number of benzene rings is 2. The average Bonchev–Trinajstić information content (AvgIpc) is 3.50. The lowest BCUT2D eigenvalue weighted by atomic mass is 10.2. The van der Waals surface area contributed by atoms with Gasteiger partial charge < -0.3 is 24.2 Å². The van der Waals surface area contributed by atoms with E-state index in [0.29, 0.717) is 5.56 Å². The van der Waals surface area contributed by atoms with Crippen molar-refractivity contribution in [3.05, 3.63) is 77.2 Å². The molecule has 0 aliphatic rings. The molecular formula is C22H14Cl6N4O5. The molecule has 4 aromatic rings. The van der Waals surface area contributed by atoms with Gasteiger partial charge in [0, 0.05) is 12.2 Å². The third-order valence-corrected chi connectivity index (χ3v) is 5.07. The first-order valence-electron chi connectivity index (χ1n) is 9.80. The van der Waals surface area contributed by atoms with Crippen LogP contribution in [0.15, 0.2) is 51.3 Å². The number of phenols is 3. The van der Waals surface area contributed by atoms with Crippen LogP contribution >= 0.6 is 69.6 Å². The predicted molar refractivity (Wildman–Crippen MR) is 143 cm³/mol. The lowest BCUT2D eigenvalue weighted by Gasteiger charge is -2.01. The summed E-state index contributed by atoms with van der Waals surface area (Å²) >= 11 is 33.5. The highest BCUT2D eigenvalue weighted by Gasteiger charge is 2.30. The molecule has 194 valence electrons. The maximum absolute atomic E-state index is 9.32. The Kier molecular flexibility index (Phi) is 9.57. The summed E-state index contributed by atoms with van der Waals surface area (Å²) in [7, 11) is 0. The van der Waals surface area contributed by atoms with Gasteiger partial charge in [0.2, 0.25) is 11.8 Å². The molecule has 0 saturated carbocycles. The number of hydrogen-bond acceptors (Lipinski definition) is 9. The van der Waals surface area contributed by atoms with Gasteiger partial charge in [0.15, 0.2) is 11.5 Å². The van der Waals surface area contributed by atoms with E-state index in [1.807, 2.05) is 0 Å². The fourth-order valence-corrected chi connectivity index (χ4v) is 2.86. The molecule has 2 aromatic heterocycles. The fourth-order valence-electron chi connectivity index (χ4n) is 2.40. The van der Waals surface area contributed by atoms with E-state index in [2.05, 4.69) is 20.4 Å². The minimum absolute atomic E-state index is 0.0853. The number of alkyl halides is 6. The fraction of sp³-hybridized carbons (Fsp3) is 0.0909. The highest BCUT2D eigenvalue weighted by atomic mass is 35.6. The first-order valence-corrected chi connectivity index (χ1v) is 12.1. The Morgan fingerprint density at radius 2 is 1.03 bits per heavy atom. The van der Waals surface area contributed by atoms with Crippen molar-refractivity contribution >= 4 is 93.9 Å². The van der Waals surface area contributed by atoms with Crippen LogP contribution in [0.5, 0.6) is 17.2 Å².